The van der Waals surface area contributed by atoms with E-state index in [1.807, 2.05) is 0 Å². The van der Waals surface area contributed by atoms with Crippen molar-refractivity contribution in [1.29, 1.82) is 0 Å². The normalized spacial score (nSPS) is 36.0. The smallest absolute Gasteiger partial charge is 0.0565 e. The second-order valence-electron chi connectivity index (χ2n) is 5.13. The van der Waals surface area contributed by atoms with Gasteiger partial charge in [0.15, 0.2) is 0 Å². The Kier molecular flexibility index (Phi) is 4.39. The van der Waals surface area contributed by atoms with Crippen molar-refractivity contribution in [3.8, 4) is 0 Å². The van der Waals surface area contributed by atoms with Crippen molar-refractivity contribution in [2.75, 3.05) is 0 Å². The van der Waals surface area contributed by atoms with E-state index in [-0.39, 0.29) is 0 Å². The highest BCUT2D eigenvalue weighted by atomic mass is 16.5. The van der Waals surface area contributed by atoms with Crippen LogP contribution in [0.1, 0.15) is 47.5 Å². The second kappa shape index (κ2) is 5.13. The van der Waals surface area contributed by atoms with E-state index in [0.717, 1.165) is 12.8 Å². The van der Waals surface area contributed by atoms with Crippen molar-refractivity contribution in [3.05, 3.63) is 0 Å². The van der Waals surface area contributed by atoms with E-state index in [1.165, 1.54) is 0 Å². The SMILES string of the molecule is CC1CC(NC(C)C(C)C)CC(C)O1. The van der Waals surface area contributed by atoms with Crippen molar-refractivity contribution in [3.63, 3.8) is 0 Å². The zero-order valence-electron chi connectivity index (χ0n) is 10.2. The molecule has 1 fully saturated rings. The van der Waals surface area contributed by atoms with E-state index >= 15 is 0 Å². The molecule has 0 aromatic heterocycles. The molecule has 0 aliphatic carbocycles. The van der Waals surface area contributed by atoms with Gasteiger partial charge in [-0.3, -0.25) is 0 Å². The van der Waals surface area contributed by atoms with Crippen LogP contribution in [0, 0.1) is 5.92 Å². The summed E-state index contributed by atoms with van der Waals surface area (Å²) in [6.07, 6.45) is 3.13. The molecule has 0 bridgehead atoms. The van der Waals surface area contributed by atoms with E-state index in [4.69, 9.17) is 4.74 Å². The Bertz CT molecular complexity index is 160. The maximum Gasteiger partial charge on any atom is 0.0565 e. The minimum absolute atomic E-state index is 0.413. The van der Waals surface area contributed by atoms with Crippen LogP contribution in [0.3, 0.4) is 0 Å². The highest BCUT2D eigenvalue weighted by molar-refractivity contribution is 4.81. The van der Waals surface area contributed by atoms with Gasteiger partial charge in [0.2, 0.25) is 0 Å². The van der Waals surface area contributed by atoms with Crippen LogP contribution in [0.5, 0.6) is 0 Å². The summed E-state index contributed by atoms with van der Waals surface area (Å²) in [5, 5.41) is 3.70. The van der Waals surface area contributed by atoms with Gasteiger partial charge in [0.05, 0.1) is 12.2 Å². The summed E-state index contributed by atoms with van der Waals surface area (Å²) in [5.74, 6) is 0.712. The van der Waals surface area contributed by atoms with Crippen molar-refractivity contribution < 1.29 is 4.74 Å². The van der Waals surface area contributed by atoms with E-state index in [9.17, 15) is 0 Å². The third kappa shape index (κ3) is 3.58. The Morgan fingerprint density at radius 3 is 2.00 bits per heavy atom. The first-order valence-electron chi connectivity index (χ1n) is 5.90. The standard InChI is InChI=1S/C12H25NO/c1-8(2)11(5)13-12-6-9(3)14-10(4)7-12/h8-13H,6-7H2,1-5H3. The molecular formula is C12H25NO. The van der Waals surface area contributed by atoms with Gasteiger partial charge in [-0.2, -0.15) is 0 Å². The predicted molar refractivity (Wildman–Crippen MR) is 60.5 cm³/mol. The zero-order valence-corrected chi connectivity index (χ0v) is 10.2. The lowest BCUT2D eigenvalue weighted by atomic mass is 9.97. The summed E-state index contributed by atoms with van der Waals surface area (Å²) in [6, 6.07) is 1.25. The first-order valence-corrected chi connectivity index (χ1v) is 5.90. The highest BCUT2D eigenvalue weighted by Gasteiger charge is 2.25. The number of hydrogen-bond acceptors (Lipinski definition) is 2. The lowest BCUT2D eigenvalue weighted by molar-refractivity contribution is -0.0439. The van der Waals surface area contributed by atoms with Crippen LogP contribution in [0.25, 0.3) is 0 Å². The monoisotopic (exact) mass is 199 g/mol. The number of nitrogens with one attached hydrogen (secondary N) is 1. The molecule has 0 amide bonds. The van der Waals surface area contributed by atoms with Crippen LogP contribution in [0.2, 0.25) is 0 Å². The molecule has 2 heteroatoms. The zero-order chi connectivity index (χ0) is 10.7. The molecule has 0 aromatic rings. The van der Waals surface area contributed by atoms with Crippen LogP contribution in [-0.4, -0.2) is 24.3 Å². The molecule has 1 rings (SSSR count). The average molecular weight is 199 g/mol. The van der Waals surface area contributed by atoms with Gasteiger partial charge in [0.25, 0.3) is 0 Å². The topological polar surface area (TPSA) is 21.3 Å². The third-order valence-electron chi connectivity index (χ3n) is 3.20. The summed E-state index contributed by atoms with van der Waals surface area (Å²) < 4.78 is 5.72. The van der Waals surface area contributed by atoms with Gasteiger partial charge in [-0.15, -0.1) is 0 Å². The molecule has 0 spiro atoms. The van der Waals surface area contributed by atoms with E-state index in [2.05, 4.69) is 39.9 Å². The Balaban J connectivity index is 2.36. The van der Waals surface area contributed by atoms with Gasteiger partial charge in [-0.25, -0.2) is 0 Å². The van der Waals surface area contributed by atoms with Crippen molar-refractivity contribution in [2.45, 2.75) is 71.8 Å². The molecule has 1 heterocycles. The number of ether oxygens (including phenoxy) is 1. The lowest BCUT2D eigenvalue weighted by Crippen LogP contribution is -2.46. The van der Waals surface area contributed by atoms with E-state index < -0.39 is 0 Å². The van der Waals surface area contributed by atoms with Crippen molar-refractivity contribution in [2.24, 2.45) is 5.92 Å². The quantitative estimate of drug-likeness (QED) is 0.754. The molecule has 14 heavy (non-hydrogen) atoms. The summed E-state index contributed by atoms with van der Waals surface area (Å²) in [5.41, 5.74) is 0. The first-order chi connectivity index (χ1) is 6.49. The molecular weight excluding hydrogens is 174 g/mol. The summed E-state index contributed by atoms with van der Waals surface area (Å²) in [4.78, 5) is 0. The van der Waals surface area contributed by atoms with Crippen LogP contribution in [0.15, 0.2) is 0 Å². The Morgan fingerprint density at radius 1 is 1.07 bits per heavy atom. The molecule has 0 aromatic carbocycles. The molecule has 3 unspecified atom stereocenters. The summed E-state index contributed by atoms with van der Waals surface area (Å²) in [7, 11) is 0. The molecule has 1 N–H and O–H groups in total. The molecule has 84 valence electrons. The molecule has 1 saturated heterocycles. The van der Waals surface area contributed by atoms with Crippen molar-refractivity contribution >= 4 is 0 Å². The fourth-order valence-electron chi connectivity index (χ4n) is 2.11. The van der Waals surface area contributed by atoms with Gasteiger partial charge in [-0.1, -0.05) is 13.8 Å². The van der Waals surface area contributed by atoms with Crippen LogP contribution in [-0.2, 0) is 4.74 Å². The van der Waals surface area contributed by atoms with Gasteiger partial charge in [0.1, 0.15) is 0 Å². The van der Waals surface area contributed by atoms with Crippen LogP contribution >= 0.6 is 0 Å². The van der Waals surface area contributed by atoms with E-state index in [1.54, 1.807) is 0 Å². The molecule has 1 aliphatic rings. The molecule has 3 atom stereocenters. The van der Waals surface area contributed by atoms with Crippen LogP contribution in [0.4, 0.5) is 0 Å². The largest absolute Gasteiger partial charge is 0.375 e. The summed E-state index contributed by atoms with van der Waals surface area (Å²) in [6.45, 7) is 11.2. The fourth-order valence-corrected chi connectivity index (χ4v) is 2.11. The number of rotatable bonds is 3. The van der Waals surface area contributed by atoms with Gasteiger partial charge in [0, 0.05) is 12.1 Å². The maximum absolute atomic E-state index is 5.72. The Morgan fingerprint density at radius 2 is 1.57 bits per heavy atom. The predicted octanol–water partition coefficient (Wildman–Crippen LogP) is 2.58. The number of hydrogen-bond donors (Lipinski definition) is 1. The lowest BCUT2D eigenvalue weighted by Gasteiger charge is -2.35. The van der Waals surface area contributed by atoms with E-state index in [0.29, 0.717) is 30.2 Å². The van der Waals surface area contributed by atoms with Crippen molar-refractivity contribution in [1.82, 2.24) is 5.32 Å². The second-order valence-corrected chi connectivity index (χ2v) is 5.13. The molecule has 0 saturated carbocycles. The molecule has 0 radical (unpaired) electrons. The maximum atomic E-state index is 5.72. The minimum atomic E-state index is 0.413. The van der Waals surface area contributed by atoms with Gasteiger partial charge in [-0.05, 0) is 39.5 Å². The highest BCUT2D eigenvalue weighted by Crippen LogP contribution is 2.20. The molecule has 1 aliphatic heterocycles. The van der Waals surface area contributed by atoms with Gasteiger partial charge < -0.3 is 10.1 Å². The first kappa shape index (κ1) is 12.0. The Labute approximate surface area is 88.4 Å². The van der Waals surface area contributed by atoms with Gasteiger partial charge >= 0.3 is 0 Å². The minimum Gasteiger partial charge on any atom is -0.375 e. The molecule has 2 nitrogen and oxygen atoms in total. The fraction of sp³-hybridized carbons (Fsp3) is 1.00. The third-order valence-corrected chi connectivity index (χ3v) is 3.20. The Hall–Kier alpha value is -0.0800. The van der Waals surface area contributed by atoms with Crippen LogP contribution < -0.4 is 5.32 Å². The summed E-state index contributed by atoms with van der Waals surface area (Å²) >= 11 is 0. The average Bonchev–Trinajstić information content (AvgIpc) is 2.01.